The Hall–Kier alpha value is -3.92. The minimum absolute atomic E-state index is 0.00480. The number of rotatable bonds is 10. The van der Waals surface area contributed by atoms with Crippen LogP contribution in [0.15, 0.2) is 60.1 Å². The number of hydrogen-bond donors (Lipinski definition) is 2. The van der Waals surface area contributed by atoms with Crippen molar-refractivity contribution in [1.29, 1.82) is 0 Å². The van der Waals surface area contributed by atoms with Crippen LogP contribution < -0.4 is 20.1 Å². The second-order valence-corrected chi connectivity index (χ2v) is 8.59. The van der Waals surface area contributed by atoms with Gasteiger partial charge in [-0.1, -0.05) is 18.2 Å². The van der Waals surface area contributed by atoms with Crippen LogP contribution in [-0.4, -0.2) is 40.9 Å². The van der Waals surface area contributed by atoms with Crippen LogP contribution in [-0.2, 0) is 27.5 Å². The lowest BCUT2D eigenvalue weighted by Crippen LogP contribution is -2.40. The Balaban J connectivity index is 1.30. The van der Waals surface area contributed by atoms with Crippen molar-refractivity contribution in [2.75, 3.05) is 18.7 Å². The third kappa shape index (κ3) is 6.55. The molecule has 2 N–H and O–H groups in total. The van der Waals surface area contributed by atoms with Gasteiger partial charge in [-0.25, -0.2) is 4.98 Å². The van der Waals surface area contributed by atoms with Crippen molar-refractivity contribution in [3.63, 3.8) is 0 Å². The third-order valence-corrected chi connectivity index (χ3v) is 5.90. The van der Waals surface area contributed by atoms with Gasteiger partial charge in [0.05, 0.1) is 13.1 Å². The topological polar surface area (TPSA) is 110 Å². The van der Waals surface area contributed by atoms with Crippen molar-refractivity contribution in [3.8, 4) is 11.5 Å². The van der Waals surface area contributed by atoms with Gasteiger partial charge in [0.15, 0.2) is 11.5 Å². The number of fused-ring (bicyclic) bond motifs is 1. The summed E-state index contributed by atoms with van der Waals surface area (Å²) < 4.78 is 10.7. The summed E-state index contributed by atoms with van der Waals surface area (Å²) in [5.41, 5.74) is 0.861. The summed E-state index contributed by atoms with van der Waals surface area (Å²) in [6.45, 7) is 0.673. The van der Waals surface area contributed by atoms with E-state index >= 15 is 0 Å². The van der Waals surface area contributed by atoms with E-state index in [2.05, 4.69) is 15.6 Å². The van der Waals surface area contributed by atoms with Crippen LogP contribution in [0.3, 0.4) is 0 Å². The normalized spacial score (nSPS) is 11.6. The Labute approximate surface area is 200 Å². The maximum Gasteiger partial charge on any atom is 0.239 e. The molecule has 0 saturated heterocycles. The second kappa shape index (κ2) is 11.3. The standard InChI is InChI=1S/C24H24N4O5S/c29-22(27-21-5-1-2-10-25-21)8-9-24(31)28(14-18-4-3-11-34-18)15-23(30)26-13-17-6-7-19-20(12-17)33-16-32-19/h1-7,10-12H,8-9,13-16H2,(H,26,30)(H,25,27,29). The number of amides is 3. The fraction of sp³-hybridized carbons (Fsp3) is 0.250. The number of carbonyl (C=O) groups excluding carboxylic acids is 3. The molecule has 10 heteroatoms. The summed E-state index contributed by atoms with van der Waals surface area (Å²) in [5, 5.41) is 7.42. The molecule has 1 aliphatic rings. The molecule has 4 rings (SSSR count). The van der Waals surface area contributed by atoms with E-state index in [4.69, 9.17) is 9.47 Å². The monoisotopic (exact) mass is 480 g/mol. The third-order valence-electron chi connectivity index (χ3n) is 5.04. The van der Waals surface area contributed by atoms with E-state index in [9.17, 15) is 14.4 Å². The summed E-state index contributed by atoms with van der Waals surface area (Å²) >= 11 is 1.50. The number of anilines is 1. The van der Waals surface area contributed by atoms with E-state index in [1.165, 1.54) is 16.2 Å². The Morgan fingerprint density at radius 3 is 2.68 bits per heavy atom. The van der Waals surface area contributed by atoms with E-state index in [0.717, 1.165) is 10.4 Å². The van der Waals surface area contributed by atoms with Crippen LogP contribution in [0.2, 0.25) is 0 Å². The van der Waals surface area contributed by atoms with Crippen molar-refractivity contribution in [2.24, 2.45) is 0 Å². The minimum atomic E-state index is -0.310. The first-order valence-electron chi connectivity index (χ1n) is 10.7. The highest BCUT2D eigenvalue weighted by molar-refractivity contribution is 7.09. The molecule has 3 aromatic rings. The summed E-state index contributed by atoms with van der Waals surface area (Å²) in [6, 6.07) is 14.4. The number of thiophene rings is 1. The molecule has 0 aliphatic carbocycles. The molecule has 9 nitrogen and oxygen atoms in total. The molecule has 0 spiro atoms. The van der Waals surface area contributed by atoms with E-state index in [1.807, 2.05) is 29.6 Å². The zero-order chi connectivity index (χ0) is 23.8. The molecule has 1 aliphatic heterocycles. The lowest BCUT2D eigenvalue weighted by atomic mass is 10.2. The van der Waals surface area contributed by atoms with Crippen LogP contribution >= 0.6 is 11.3 Å². The predicted octanol–water partition coefficient (Wildman–Crippen LogP) is 2.94. The van der Waals surface area contributed by atoms with Gasteiger partial charge in [0, 0.05) is 30.5 Å². The first-order chi connectivity index (χ1) is 16.6. The van der Waals surface area contributed by atoms with Gasteiger partial charge in [0.1, 0.15) is 5.82 Å². The molecule has 2 aromatic heterocycles. The minimum Gasteiger partial charge on any atom is -0.454 e. The van der Waals surface area contributed by atoms with Crippen LogP contribution in [0.5, 0.6) is 11.5 Å². The number of aromatic nitrogens is 1. The fourth-order valence-corrected chi connectivity index (χ4v) is 4.04. The first-order valence-corrected chi connectivity index (χ1v) is 11.6. The Kier molecular flexibility index (Phi) is 7.71. The van der Waals surface area contributed by atoms with Gasteiger partial charge < -0.3 is 25.0 Å². The van der Waals surface area contributed by atoms with Gasteiger partial charge in [-0.2, -0.15) is 0 Å². The molecular weight excluding hydrogens is 456 g/mol. The van der Waals surface area contributed by atoms with E-state index in [1.54, 1.807) is 30.5 Å². The number of ether oxygens (including phenoxy) is 2. The SMILES string of the molecule is O=C(CN(Cc1cccs1)C(=O)CCC(=O)Nc1ccccn1)NCc1ccc2c(c1)OCO2. The Bertz CT molecular complexity index is 1140. The molecule has 34 heavy (non-hydrogen) atoms. The fourth-order valence-electron chi connectivity index (χ4n) is 3.32. The smallest absolute Gasteiger partial charge is 0.239 e. The van der Waals surface area contributed by atoms with Gasteiger partial charge in [-0.3, -0.25) is 14.4 Å². The van der Waals surface area contributed by atoms with Gasteiger partial charge in [0.25, 0.3) is 0 Å². The van der Waals surface area contributed by atoms with Crippen molar-refractivity contribution in [3.05, 3.63) is 70.5 Å². The highest BCUT2D eigenvalue weighted by atomic mass is 32.1. The lowest BCUT2D eigenvalue weighted by Gasteiger charge is -2.22. The van der Waals surface area contributed by atoms with Crippen LogP contribution in [0.4, 0.5) is 5.82 Å². The molecule has 3 amide bonds. The highest BCUT2D eigenvalue weighted by Crippen LogP contribution is 2.32. The molecule has 3 heterocycles. The second-order valence-electron chi connectivity index (χ2n) is 7.56. The molecule has 0 atom stereocenters. The number of nitrogens with zero attached hydrogens (tertiary/aromatic N) is 2. The van der Waals surface area contributed by atoms with E-state index in [0.29, 0.717) is 30.4 Å². The summed E-state index contributed by atoms with van der Waals surface area (Å²) in [5.74, 6) is 0.872. The maximum absolute atomic E-state index is 12.9. The van der Waals surface area contributed by atoms with Crippen molar-refractivity contribution >= 4 is 34.9 Å². The van der Waals surface area contributed by atoms with Crippen molar-refractivity contribution in [1.82, 2.24) is 15.2 Å². The van der Waals surface area contributed by atoms with Gasteiger partial charge in [0.2, 0.25) is 24.5 Å². The molecule has 1 aromatic carbocycles. The number of carbonyl (C=O) groups is 3. The summed E-state index contributed by atoms with van der Waals surface area (Å²) in [4.78, 5) is 44.2. The molecular formula is C24H24N4O5S. The molecule has 0 fully saturated rings. The highest BCUT2D eigenvalue weighted by Gasteiger charge is 2.20. The molecule has 0 radical (unpaired) electrons. The van der Waals surface area contributed by atoms with Crippen LogP contribution in [0.1, 0.15) is 23.3 Å². The number of hydrogen-bond acceptors (Lipinski definition) is 7. The van der Waals surface area contributed by atoms with Gasteiger partial charge in [-0.15, -0.1) is 11.3 Å². The van der Waals surface area contributed by atoms with Crippen LogP contribution in [0.25, 0.3) is 0 Å². The van der Waals surface area contributed by atoms with E-state index < -0.39 is 0 Å². The average molecular weight is 481 g/mol. The predicted molar refractivity (Wildman–Crippen MR) is 126 cm³/mol. The molecule has 0 unspecified atom stereocenters. The quantitative estimate of drug-likeness (QED) is 0.462. The van der Waals surface area contributed by atoms with Crippen molar-refractivity contribution in [2.45, 2.75) is 25.9 Å². The molecule has 0 saturated carbocycles. The number of benzene rings is 1. The van der Waals surface area contributed by atoms with Crippen molar-refractivity contribution < 1.29 is 23.9 Å². The lowest BCUT2D eigenvalue weighted by molar-refractivity contribution is -0.137. The van der Waals surface area contributed by atoms with Gasteiger partial charge in [-0.05, 0) is 41.3 Å². The largest absolute Gasteiger partial charge is 0.454 e. The zero-order valence-corrected chi connectivity index (χ0v) is 19.2. The summed E-state index contributed by atoms with van der Waals surface area (Å²) in [7, 11) is 0. The summed E-state index contributed by atoms with van der Waals surface area (Å²) in [6.07, 6.45) is 1.56. The Morgan fingerprint density at radius 2 is 1.88 bits per heavy atom. The number of pyridine rings is 1. The maximum atomic E-state index is 12.9. The Morgan fingerprint density at radius 1 is 1.00 bits per heavy atom. The number of nitrogens with one attached hydrogen (secondary N) is 2. The molecule has 176 valence electrons. The average Bonchev–Trinajstić information content (AvgIpc) is 3.53. The van der Waals surface area contributed by atoms with Crippen LogP contribution in [0, 0.1) is 0 Å². The van der Waals surface area contributed by atoms with E-state index in [-0.39, 0.29) is 43.9 Å². The van der Waals surface area contributed by atoms with Gasteiger partial charge >= 0.3 is 0 Å². The zero-order valence-electron chi connectivity index (χ0n) is 18.4. The molecule has 0 bridgehead atoms. The first kappa shape index (κ1) is 23.2.